The Morgan fingerprint density at radius 1 is 1.23 bits per heavy atom. The molecule has 0 unspecified atom stereocenters. The van der Waals surface area contributed by atoms with Gasteiger partial charge in [-0.1, -0.05) is 30.3 Å². The SMILES string of the molecule is Cc1nc([C@@H](NC(=O)c2occc2C)c2ccccc2)n[nH]1. The average Bonchev–Trinajstić information content (AvgIpc) is 3.14. The Balaban J connectivity index is 1.93. The van der Waals surface area contributed by atoms with E-state index in [4.69, 9.17) is 4.42 Å². The third kappa shape index (κ3) is 2.76. The topological polar surface area (TPSA) is 83.8 Å². The third-order valence-electron chi connectivity index (χ3n) is 3.35. The number of aryl methyl sites for hydroxylation is 2. The van der Waals surface area contributed by atoms with Crippen LogP contribution in [0.4, 0.5) is 0 Å². The molecule has 0 bridgehead atoms. The molecule has 1 amide bonds. The average molecular weight is 296 g/mol. The number of furan rings is 1. The molecule has 0 spiro atoms. The summed E-state index contributed by atoms with van der Waals surface area (Å²) in [5.74, 6) is 1.22. The van der Waals surface area contributed by atoms with E-state index in [1.165, 1.54) is 6.26 Å². The van der Waals surface area contributed by atoms with Crippen LogP contribution in [0.1, 0.15) is 39.4 Å². The summed E-state index contributed by atoms with van der Waals surface area (Å²) >= 11 is 0. The van der Waals surface area contributed by atoms with Gasteiger partial charge in [0.2, 0.25) is 0 Å². The maximum Gasteiger partial charge on any atom is 0.288 e. The van der Waals surface area contributed by atoms with Crippen molar-refractivity contribution in [3.63, 3.8) is 0 Å². The summed E-state index contributed by atoms with van der Waals surface area (Å²) in [5.41, 5.74) is 1.69. The number of aromatic amines is 1. The van der Waals surface area contributed by atoms with Gasteiger partial charge in [0, 0.05) is 5.56 Å². The van der Waals surface area contributed by atoms with E-state index in [-0.39, 0.29) is 5.91 Å². The number of hydrogen-bond donors (Lipinski definition) is 2. The molecule has 6 nitrogen and oxygen atoms in total. The molecule has 0 saturated carbocycles. The first-order valence-corrected chi connectivity index (χ1v) is 6.94. The second kappa shape index (κ2) is 5.85. The second-order valence-electron chi connectivity index (χ2n) is 5.03. The number of benzene rings is 1. The largest absolute Gasteiger partial charge is 0.459 e. The predicted molar refractivity (Wildman–Crippen MR) is 80.3 cm³/mol. The number of H-pyrrole nitrogens is 1. The third-order valence-corrected chi connectivity index (χ3v) is 3.35. The minimum absolute atomic E-state index is 0.293. The van der Waals surface area contributed by atoms with Crippen LogP contribution in [0.3, 0.4) is 0 Å². The van der Waals surface area contributed by atoms with Crippen molar-refractivity contribution >= 4 is 5.91 Å². The number of amides is 1. The van der Waals surface area contributed by atoms with E-state index in [1.54, 1.807) is 6.07 Å². The van der Waals surface area contributed by atoms with E-state index in [9.17, 15) is 4.79 Å². The molecule has 22 heavy (non-hydrogen) atoms. The van der Waals surface area contributed by atoms with Crippen LogP contribution in [0.2, 0.25) is 0 Å². The fourth-order valence-electron chi connectivity index (χ4n) is 2.23. The lowest BCUT2D eigenvalue weighted by molar-refractivity contribution is 0.0912. The summed E-state index contributed by atoms with van der Waals surface area (Å²) in [4.78, 5) is 16.8. The Hall–Kier alpha value is -2.89. The van der Waals surface area contributed by atoms with Crippen LogP contribution in [-0.2, 0) is 0 Å². The first-order chi connectivity index (χ1) is 10.6. The highest BCUT2D eigenvalue weighted by Crippen LogP contribution is 2.20. The smallest absolute Gasteiger partial charge is 0.288 e. The van der Waals surface area contributed by atoms with Gasteiger partial charge in [-0.2, -0.15) is 5.10 Å². The molecule has 2 aromatic heterocycles. The van der Waals surface area contributed by atoms with Crippen LogP contribution in [0, 0.1) is 13.8 Å². The van der Waals surface area contributed by atoms with Gasteiger partial charge in [0.15, 0.2) is 11.6 Å². The van der Waals surface area contributed by atoms with Gasteiger partial charge >= 0.3 is 0 Å². The molecule has 0 aliphatic carbocycles. The maximum absolute atomic E-state index is 12.4. The van der Waals surface area contributed by atoms with Crippen LogP contribution in [0.5, 0.6) is 0 Å². The Morgan fingerprint density at radius 2 is 2.00 bits per heavy atom. The Bertz CT molecular complexity index is 776. The van der Waals surface area contributed by atoms with Gasteiger partial charge in [-0.25, -0.2) is 4.98 Å². The molecule has 0 fully saturated rings. The van der Waals surface area contributed by atoms with Gasteiger partial charge in [0.25, 0.3) is 5.91 Å². The van der Waals surface area contributed by atoms with E-state index in [0.29, 0.717) is 17.4 Å². The van der Waals surface area contributed by atoms with Gasteiger partial charge in [-0.3, -0.25) is 9.89 Å². The predicted octanol–water partition coefficient (Wildman–Crippen LogP) is 2.53. The highest BCUT2D eigenvalue weighted by Gasteiger charge is 2.23. The molecule has 2 N–H and O–H groups in total. The fraction of sp³-hybridized carbons (Fsp3) is 0.188. The monoisotopic (exact) mass is 296 g/mol. The van der Waals surface area contributed by atoms with Gasteiger partial charge in [-0.15, -0.1) is 0 Å². The Kier molecular flexibility index (Phi) is 3.74. The van der Waals surface area contributed by atoms with Crippen molar-refractivity contribution in [2.24, 2.45) is 0 Å². The summed E-state index contributed by atoms with van der Waals surface area (Å²) in [6.07, 6.45) is 1.50. The summed E-state index contributed by atoms with van der Waals surface area (Å²) in [5, 5.41) is 9.90. The molecule has 0 radical (unpaired) electrons. The van der Waals surface area contributed by atoms with Gasteiger partial charge in [-0.05, 0) is 25.5 Å². The van der Waals surface area contributed by atoms with Gasteiger partial charge in [0.05, 0.1) is 6.26 Å². The van der Waals surface area contributed by atoms with Crippen LogP contribution in [0.25, 0.3) is 0 Å². The van der Waals surface area contributed by atoms with Crippen molar-refractivity contribution < 1.29 is 9.21 Å². The molecule has 6 heteroatoms. The molecule has 0 aliphatic rings. The minimum atomic E-state index is -0.442. The molecule has 2 heterocycles. The van der Waals surface area contributed by atoms with Crippen molar-refractivity contribution in [2.45, 2.75) is 19.9 Å². The fourth-order valence-corrected chi connectivity index (χ4v) is 2.23. The van der Waals surface area contributed by atoms with Gasteiger partial charge in [0.1, 0.15) is 11.9 Å². The van der Waals surface area contributed by atoms with Gasteiger partial charge < -0.3 is 9.73 Å². The van der Waals surface area contributed by atoms with Crippen LogP contribution in [0.15, 0.2) is 47.1 Å². The van der Waals surface area contributed by atoms with E-state index in [2.05, 4.69) is 20.5 Å². The van der Waals surface area contributed by atoms with Crippen molar-refractivity contribution in [2.75, 3.05) is 0 Å². The molecule has 0 aliphatic heterocycles. The molecule has 0 saturated heterocycles. The molecule has 1 atom stereocenters. The molecule has 3 rings (SSSR count). The van der Waals surface area contributed by atoms with Crippen molar-refractivity contribution in [3.8, 4) is 0 Å². The lowest BCUT2D eigenvalue weighted by atomic mass is 10.1. The molecule has 1 aromatic carbocycles. The Morgan fingerprint density at radius 3 is 2.59 bits per heavy atom. The number of rotatable bonds is 4. The van der Waals surface area contributed by atoms with E-state index >= 15 is 0 Å². The second-order valence-corrected chi connectivity index (χ2v) is 5.03. The molecule has 3 aromatic rings. The number of nitrogens with one attached hydrogen (secondary N) is 2. The van der Waals surface area contributed by atoms with Crippen molar-refractivity contribution in [1.29, 1.82) is 0 Å². The highest BCUT2D eigenvalue weighted by molar-refractivity contribution is 5.93. The molecular formula is C16H16N4O2. The first kappa shape index (κ1) is 14.1. The molecular weight excluding hydrogens is 280 g/mol. The number of carbonyl (C=O) groups excluding carboxylic acids is 1. The zero-order valence-corrected chi connectivity index (χ0v) is 12.3. The number of nitrogens with zero attached hydrogens (tertiary/aromatic N) is 2. The van der Waals surface area contributed by atoms with Crippen molar-refractivity contribution in [1.82, 2.24) is 20.5 Å². The van der Waals surface area contributed by atoms with E-state index in [0.717, 1.165) is 11.1 Å². The highest BCUT2D eigenvalue weighted by atomic mass is 16.3. The number of carbonyl (C=O) groups is 1. The Labute approximate surface area is 127 Å². The number of aromatic nitrogens is 3. The maximum atomic E-state index is 12.4. The minimum Gasteiger partial charge on any atom is -0.459 e. The van der Waals surface area contributed by atoms with Crippen LogP contribution in [-0.4, -0.2) is 21.1 Å². The normalized spacial score (nSPS) is 12.1. The van der Waals surface area contributed by atoms with E-state index in [1.807, 2.05) is 44.2 Å². The molecule has 112 valence electrons. The van der Waals surface area contributed by atoms with Crippen molar-refractivity contribution in [3.05, 3.63) is 71.2 Å². The summed E-state index contributed by atoms with van der Waals surface area (Å²) < 4.78 is 5.24. The lowest BCUT2D eigenvalue weighted by Crippen LogP contribution is -2.30. The summed E-state index contributed by atoms with van der Waals surface area (Å²) in [6, 6.07) is 10.9. The zero-order valence-electron chi connectivity index (χ0n) is 12.3. The zero-order chi connectivity index (χ0) is 15.5. The van der Waals surface area contributed by atoms with Crippen LogP contribution < -0.4 is 5.32 Å². The van der Waals surface area contributed by atoms with Crippen LogP contribution >= 0.6 is 0 Å². The van der Waals surface area contributed by atoms with E-state index < -0.39 is 6.04 Å². The summed E-state index contributed by atoms with van der Waals surface area (Å²) in [7, 11) is 0. The quantitative estimate of drug-likeness (QED) is 0.775. The lowest BCUT2D eigenvalue weighted by Gasteiger charge is -2.15. The summed E-state index contributed by atoms with van der Waals surface area (Å²) in [6.45, 7) is 3.64. The first-order valence-electron chi connectivity index (χ1n) is 6.94. The number of hydrogen-bond acceptors (Lipinski definition) is 4. The standard InChI is InChI=1S/C16H16N4O2/c1-10-8-9-22-14(10)16(21)18-13(12-6-4-3-5-7-12)15-17-11(2)19-20-15/h3-9,13H,1-2H3,(H,18,21)(H,17,19,20)/t13-/m0/s1.